The van der Waals surface area contributed by atoms with Gasteiger partial charge in [0.1, 0.15) is 5.69 Å². The van der Waals surface area contributed by atoms with Crippen LogP contribution in [0.4, 0.5) is 11.6 Å². The Morgan fingerprint density at radius 1 is 1.04 bits per heavy atom. The van der Waals surface area contributed by atoms with Crippen LogP contribution in [0.5, 0.6) is 0 Å². The average molecular weight is 435 g/mol. The van der Waals surface area contributed by atoms with Crippen molar-refractivity contribution in [3.8, 4) is 11.3 Å². The van der Waals surface area contributed by atoms with E-state index in [1.165, 1.54) is 11.9 Å². The van der Waals surface area contributed by atoms with Gasteiger partial charge in [0.2, 0.25) is 5.91 Å². The molecule has 0 saturated carbocycles. The maximum absolute atomic E-state index is 11.7. The molecule has 2 aromatic heterocycles. The number of hydrogen-bond acceptors (Lipinski definition) is 6. The van der Waals surface area contributed by atoms with E-state index >= 15 is 0 Å². The second kappa shape index (κ2) is 7.69. The van der Waals surface area contributed by atoms with Crippen molar-refractivity contribution in [3.63, 3.8) is 0 Å². The molecule has 7 nitrogen and oxygen atoms in total. The van der Waals surface area contributed by atoms with E-state index in [-0.39, 0.29) is 11.9 Å². The standard InChI is InChI=1S/C20H15BrN6O/c1-13(28)26-27(17-8-9-18-15(11-17)3-2-10-22-18)20-23-12-19(24-25-20)14-4-6-16(21)7-5-14/h2-12H,1H3,(H,26,28). The van der Waals surface area contributed by atoms with Gasteiger partial charge < -0.3 is 0 Å². The number of hydrogen-bond donors (Lipinski definition) is 1. The maximum atomic E-state index is 11.7. The van der Waals surface area contributed by atoms with Gasteiger partial charge in [-0.25, -0.2) is 9.99 Å². The number of fused-ring (bicyclic) bond motifs is 1. The van der Waals surface area contributed by atoms with Crippen molar-refractivity contribution < 1.29 is 4.79 Å². The minimum Gasteiger partial charge on any atom is -0.274 e. The molecule has 0 fully saturated rings. The SMILES string of the molecule is CC(=O)NN(c1ccc2ncccc2c1)c1ncc(-c2ccc(Br)cc2)nn1. The van der Waals surface area contributed by atoms with E-state index in [1.54, 1.807) is 12.4 Å². The van der Waals surface area contributed by atoms with Crippen molar-refractivity contribution in [1.29, 1.82) is 0 Å². The second-order valence-electron chi connectivity index (χ2n) is 6.03. The minimum absolute atomic E-state index is 0.244. The van der Waals surface area contributed by atoms with E-state index in [0.29, 0.717) is 11.4 Å². The zero-order valence-corrected chi connectivity index (χ0v) is 16.5. The van der Waals surface area contributed by atoms with Crippen LogP contribution in [-0.4, -0.2) is 26.1 Å². The molecule has 28 heavy (non-hydrogen) atoms. The number of aromatic nitrogens is 4. The molecule has 0 aliphatic carbocycles. The van der Waals surface area contributed by atoms with Crippen LogP contribution in [0.3, 0.4) is 0 Å². The van der Waals surface area contributed by atoms with Crippen LogP contribution in [0.15, 0.2) is 71.5 Å². The summed E-state index contributed by atoms with van der Waals surface area (Å²) in [5.74, 6) is 0.0196. The molecule has 1 amide bonds. The van der Waals surface area contributed by atoms with Gasteiger partial charge in [-0.05, 0) is 36.4 Å². The summed E-state index contributed by atoms with van der Waals surface area (Å²) in [4.78, 5) is 20.5. The molecule has 0 radical (unpaired) electrons. The van der Waals surface area contributed by atoms with E-state index in [4.69, 9.17) is 0 Å². The molecule has 0 aliphatic heterocycles. The predicted molar refractivity (Wildman–Crippen MR) is 111 cm³/mol. The molecule has 4 rings (SSSR count). The van der Waals surface area contributed by atoms with Gasteiger partial charge in [-0.3, -0.25) is 15.2 Å². The van der Waals surface area contributed by atoms with Crippen LogP contribution in [0.1, 0.15) is 6.92 Å². The first kappa shape index (κ1) is 18.0. The molecule has 0 unspecified atom stereocenters. The quantitative estimate of drug-likeness (QED) is 0.488. The molecule has 0 saturated heterocycles. The van der Waals surface area contributed by atoms with Crippen LogP contribution < -0.4 is 10.4 Å². The van der Waals surface area contributed by atoms with Crippen LogP contribution in [-0.2, 0) is 4.79 Å². The Bertz CT molecular complexity index is 1130. The van der Waals surface area contributed by atoms with Crippen LogP contribution in [0, 0.1) is 0 Å². The molecule has 8 heteroatoms. The first-order valence-corrected chi connectivity index (χ1v) is 9.27. The molecule has 2 heterocycles. The fraction of sp³-hybridized carbons (Fsp3) is 0.0500. The van der Waals surface area contributed by atoms with Gasteiger partial charge in [0.25, 0.3) is 5.95 Å². The second-order valence-corrected chi connectivity index (χ2v) is 6.95. The zero-order valence-electron chi connectivity index (χ0n) is 14.9. The van der Waals surface area contributed by atoms with E-state index in [1.807, 2.05) is 54.6 Å². The number of nitrogens with zero attached hydrogens (tertiary/aromatic N) is 5. The number of benzene rings is 2. The highest BCUT2D eigenvalue weighted by Crippen LogP contribution is 2.25. The molecule has 138 valence electrons. The minimum atomic E-state index is -0.244. The average Bonchev–Trinajstić information content (AvgIpc) is 2.72. The van der Waals surface area contributed by atoms with Crippen LogP contribution >= 0.6 is 15.9 Å². The Balaban J connectivity index is 1.70. The number of carbonyl (C=O) groups excluding carboxylic acids is 1. The number of halogens is 1. The van der Waals surface area contributed by atoms with E-state index in [9.17, 15) is 4.79 Å². The highest BCUT2D eigenvalue weighted by molar-refractivity contribution is 9.10. The van der Waals surface area contributed by atoms with E-state index in [0.717, 1.165) is 20.9 Å². The lowest BCUT2D eigenvalue weighted by molar-refractivity contribution is -0.118. The van der Waals surface area contributed by atoms with E-state index in [2.05, 4.69) is 41.5 Å². The number of carbonyl (C=O) groups is 1. The Hall–Kier alpha value is -3.39. The summed E-state index contributed by atoms with van der Waals surface area (Å²) in [6.07, 6.45) is 3.37. The van der Waals surface area contributed by atoms with Gasteiger partial charge in [-0.1, -0.05) is 34.1 Å². The lowest BCUT2D eigenvalue weighted by Gasteiger charge is -2.22. The zero-order chi connectivity index (χ0) is 19.5. The van der Waals surface area contributed by atoms with Crippen molar-refractivity contribution in [1.82, 2.24) is 25.6 Å². The summed E-state index contributed by atoms with van der Waals surface area (Å²) in [6, 6.07) is 17.2. The number of nitrogens with one attached hydrogen (secondary N) is 1. The highest BCUT2D eigenvalue weighted by Gasteiger charge is 2.15. The number of rotatable bonds is 4. The fourth-order valence-corrected chi connectivity index (χ4v) is 2.98. The van der Waals surface area contributed by atoms with Crippen molar-refractivity contribution in [2.24, 2.45) is 0 Å². The summed E-state index contributed by atoms with van der Waals surface area (Å²) in [5.41, 5.74) is 5.85. The normalized spacial score (nSPS) is 10.6. The summed E-state index contributed by atoms with van der Waals surface area (Å²) in [7, 11) is 0. The highest BCUT2D eigenvalue weighted by atomic mass is 79.9. The van der Waals surface area contributed by atoms with Gasteiger partial charge in [0.15, 0.2) is 0 Å². The number of pyridine rings is 1. The molecule has 0 aliphatic rings. The third-order valence-corrected chi connectivity index (χ3v) is 4.53. The smallest absolute Gasteiger partial charge is 0.268 e. The largest absolute Gasteiger partial charge is 0.274 e. The third-order valence-electron chi connectivity index (χ3n) is 4.00. The van der Waals surface area contributed by atoms with Crippen molar-refractivity contribution in [2.75, 3.05) is 5.01 Å². The first-order chi connectivity index (χ1) is 13.6. The van der Waals surface area contributed by atoms with Crippen molar-refractivity contribution >= 4 is 44.4 Å². The number of hydrazine groups is 1. The van der Waals surface area contributed by atoms with Crippen LogP contribution in [0.25, 0.3) is 22.2 Å². The molecular formula is C20H15BrN6O. The van der Waals surface area contributed by atoms with Crippen molar-refractivity contribution in [2.45, 2.75) is 6.92 Å². The van der Waals surface area contributed by atoms with E-state index < -0.39 is 0 Å². The van der Waals surface area contributed by atoms with Gasteiger partial charge in [0.05, 0.1) is 17.4 Å². The monoisotopic (exact) mass is 434 g/mol. The van der Waals surface area contributed by atoms with Gasteiger partial charge in [-0.2, -0.15) is 0 Å². The summed E-state index contributed by atoms with van der Waals surface area (Å²) >= 11 is 3.41. The lowest BCUT2D eigenvalue weighted by Crippen LogP contribution is -2.38. The fourth-order valence-electron chi connectivity index (χ4n) is 2.71. The molecule has 0 bridgehead atoms. The van der Waals surface area contributed by atoms with Gasteiger partial charge >= 0.3 is 0 Å². The van der Waals surface area contributed by atoms with Gasteiger partial charge in [0, 0.05) is 28.5 Å². The first-order valence-electron chi connectivity index (χ1n) is 8.48. The Morgan fingerprint density at radius 3 is 2.57 bits per heavy atom. The van der Waals surface area contributed by atoms with Gasteiger partial charge in [-0.15, -0.1) is 10.2 Å². The summed E-state index contributed by atoms with van der Waals surface area (Å²) < 4.78 is 0.983. The topological polar surface area (TPSA) is 83.9 Å². The van der Waals surface area contributed by atoms with Crippen molar-refractivity contribution in [3.05, 3.63) is 71.5 Å². The molecule has 0 atom stereocenters. The van der Waals surface area contributed by atoms with Crippen LogP contribution in [0.2, 0.25) is 0 Å². The molecule has 0 spiro atoms. The number of anilines is 2. The molecule has 4 aromatic rings. The molecule has 2 aromatic carbocycles. The summed E-state index contributed by atoms with van der Waals surface area (Å²) in [6.45, 7) is 1.43. The predicted octanol–water partition coefficient (Wildman–Crippen LogP) is 4.04. The lowest BCUT2D eigenvalue weighted by atomic mass is 10.2. The maximum Gasteiger partial charge on any atom is 0.268 e. The molecular weight excluding hydrogens is 420 g/mol. The Morgan fingerprint density at radius 2 is 1.86 bits per heavy atom. The third kappa shape index (κ3) is 3.81. The molecule has 1 N–H and O–H groups in total. The number of amides is 1. The summed E-state index contributed by atoms with van der Waals surface area (Å²) in [5, 5.41) is 10.9. The Kier molecular flexibility index (Phi) is 4.94. The Labute approximate surface area is 169 Å².